The highest BCUT2D eigenvalue weighted by molar-refractivity contribution is 9.10. The average Bonchev–Trinajstić information content (AvgIpc) is 2.90. The number of aromatic nitrogens is 1. The number of benzene rings is 2. The standard InChI is InChI=1S/C19H18BrN3O2/c1-12-7-8-18(16(20)9-12)25-11-19(24)23-21-10-15-13(2)22-17-6-4-3-5-14(15)17/h3-10,22H,11H2,1-2H3,(H,23,24). The molecule has 0 saturated heterocycles. The Labute approximate surface area is 154 Å². The van der Waals surface area contributed by atoms with Crippen molar-refractivity contribution < 1.29 is 9.53 Å². The van der Waals surface area contributed by atoms with E-state index in [1.165, 1.54) is 0 Å². The molecule has 1 heterocycles. The average molecular weight is 400 g/mol. The molecule has 3 rings (SSSR count). The molecule has 0 aliphatic rings. The Morgan fingerprint density at radius 3 is 2.88 bits per heavy atom. The van der Waals surface area contributed by atoms with E-state index in [0.717, 1.165) is 32.2 Å². The lowest BCUT2D eigenvalue weighted by Gasteiger charge is -2.07. The predicted molar refractivity (Wildman–Crippen MR) is 103 cm³/mol. The van der Waals surface area contributed by atoms with Crippen LogP contribution in [-0.4, -0.2) is 23.7 Å². The van der Waals surface area contributed by atoms with Gasteiger partial charge in [-0.05, 0) is 53.5 Å². The van der Waals surface area contributed by atoms with Gasteiger partial charge in [0.2, 0.25) is 0 Å². The molecule has 0 spiro atoms. The summed E-state index contributed by atoms with van der Waals surface area (Å²) in [5.41, 5.74) is 6.60. The summed E-state index contributed by atoms with van der Waals surface area (Å²) in [6, 6.07) is 13.7. The van der Waals surface area contributed by atoms with Crippen LogP contribution in [-0.2, 0) is 4.79 Å². The lowest BCUT2D eigenvalue weighted by atomic mass is 10.1. The van der Waals surface area contributed by atoms with Crippen molar-refractivity contribution in [2.24, 2.45) is 5.10 Å². The number of hydrogen-bond acceptors (Lipinski definition) is 3. The number of carbonyl (C=O) groups is 1. The van der Waals surface area contributed by atoms with Gasteiger partial charge in [-0.2, -0.15) is 5.10 Å². The summed E-state index contributed by atoms with van der Waals surface area (Å²) in [4.78, 5) is 15.2. The third-order valence-electron chi connectivity index (χ3n) is 3.77. The van der Waals surface area contributed by atoms with Gasteiger partial charge < -0.3 is 9.72 Å². The van der Waals surface area contributed by atoms with Crippen molar-refractivity contribution in [1.29, 1.82) is 0 Å². The van der Waals surface area contributed by atoms with Gasteiger partial charge in [0, 0.05) is 22.2 Å². The number of nitrogens with zero attached hydrogens (tertiary/aromatic N) is 1. The number of para-hydroxylation sites is 1. The first-order valence-electron chi connectivity index (χ1n) is 7.83. The zero-order chi connectivity index (χ0) is 17.8. The highest BCUT2D eigenvalue weighted by Gasteiger charge is 2.07. The number of hydrazone groups is 1. The molecule has 1 aromatic heterocycles. The quantitative estimate of drug-likeness (QED) is 0.501. The van der Waals surface area contributed by atoms with Crippen LogP contribution in [0.15, 0.2) is 52.0 Å². The summed E-state index contributed by atoms with van der Waals surface area (Å²) in [5.74, 6) is 0.304. The lowest BCUT2D eigenvalue weighted by molar-refractivity contribution is -0.123. The smallest absolute Gasteiger partial charge is 0.277 e. The summed E-state index contributed by atoms with van der Waals surface area (Å²) in [6.45, 7) is 3.86. The Bertz CT molecular complexity index is 947. The number of fused-ring (bicyclic) bond motifs is 1. The first kappa shape index (κ1) is 17.2. The van der Waals surface area contributed by atoms with Crippen molar-refractivity contribution >= 4 is 39.0 Å². The van der Waals surface area contributed by atoms with Crippen molar-refractivity contribution in [2.45, 2.75) is 13.8 Å². The normalized spacial score (nSPS) is 11.2. The summed E-state index contributed by atoms with van der Waals surface area (Å²) < 4.78 is 6.31. The minimum absolute atomic E-state index is 0.105. The molecule has 128 valence electrons. The maximum absolute atomic E-state index is 11.9. The molecule has 3 aromatic rings. The van der Waals surface area contributed by atoms with E-state index in [0.29, 0.717) is 5.75 Å². The van der Waals surface area contributed by atoms with Crippen LogP contribution in [0.1, 0.15) is 16.8 Å². The molecule has 2 aromatic carbocycles. The van der Waals surface area contributed by atoms with Crippen molar-refractivity contribution in [3.8, 4) is 5.75 Å². The number of hydrogen-bond donors (Lipinski definition) is 2. The number of H-pyrrole nitrogens is 1. The van der Waals surface area contributed by atoms with Crippen molar-refractivity contribution in [1.82, 2.24) is 10.4 Å². The molecular weight excluding hydrogens is 382 g/mol. The lowest BCUT2D eigenvalue weighted by Crippen LogP contribution is -2.24. The van der Waals surface area contributed by atoms with Crippen LogP contribution >= 0.6 is 15.9 Å². The molecular formula is C19H18BrN3O2. The largest absolute Gasteiger partial charge is 0.483 e. The number of carbonyl (C=O) groups excluding carboxylic acids is 1. The zero-order valence-corrected chi connectivity index (χ0v) is 15.6. The van der Waals surface area contributed by atoms with Crippen LogP contribution in [0.25, 0.3) is 10.9 Å². The Kier molecular flexibility index (Phi) is 5.19. The van der Waals surface area contributed by atoms with Gasteiger partial charge in [-0.3, -0.25) is 4.79 Å². The molecule has 0 bridgehead atoms. The number of halogens is 1. The van der Waals surface area contributed by atoms with Gasteiger partial charge in [0.05, 0.1) is 10.7 Å². The summed E-state index contributed by atoms with van der Waals surface area (Å²) in [7, 11) is 0. The minimum Gasteiger partial charge on any atom is -0.483 e. The first-order chi connectivity index (χ1) is 12.0. The van der Waals surface area contributed by atoms with Gasteiger partial charge in [0.15, 0.2) is 6.61 Å². The van der Waals surface area contributed by atoms with Crippen LogP contribution in [0, 0.1) is 13.8 Å². The second-order valence-electron chi connectivity index (χ2n) is 5.72. The number of aromatic amines is 1. The second-order valence-corrected chi connectivity index (χ2v) is 6.58. The monoisotopic (exact) mass is 399 g/mol. The van der Waals surface area contributed by atoms with Gasteiger partial charge in [0.25, 0.3) is 5.91 Å². The molecule has 0 aliphatic heterocycles. The van der Waals surface area contributed by atoms with Gasteiger partial charge in [-0.15, -0.1) is 0 Å². The van der Waals surface area contributed by atoms with Gasteiger partial charge >= 0.3 is 0 Å². The van der Waals surface area contributed by atoms with Crippen molar-refractivity contribution in [3.05, 3.63) is 63.8 Å². The summed E-state index contributed by atoms with van der Waals surface area (Å²) in [5, 5.41) is 5.10. The van der Waals surface area contributed by atoms with Crippen molar-refractivity contribution in [3.63, 3.8) is 0 Å². The van der Waals surface area contributed by atoms with Crippen LogP contribution in [0.3, 0.4) is 0 Å². The molecule has 0 radical (unpaired) electrons. The number of ether oxygens (including phenoxy) is 1. The predicted octanol–water partition coefficient (Wildman–Crippen LogP) is 4.08. The van der Waals surface area contributed by atoms with Crippen LogP contribution in [0.2, 0.25) is 0 Å². The molecule has 2 N–H and O–H groups in total. The van der Waals surface area contributed by atoms with E-state index in [1.807, 2.05) is 56.3 Å². The van der Waals surface area contributed by atoms with E-state index in [9.17, 15) is 4.79 Å². The van der Waals surface area contributed by atoms with Gasteiger partial charge in [-0.25, -0.2) is 5.43 Å². The van der Waals surface area contributed by atoms with E-state index >= 15 is 0 Å². The molecule has 25 heavy (non-hydrogen) atoms. The molecule has 1 amide bonds. The maximum atomic E-state index is 11.9. The summed E-state index contributed by atoms with van der Waals surface area (Å²) >= 11 is 3.42. The number of nitrogens with one attached hydrogen (secondary N) is 2. The molecule has 0 unspecified atom stereocenters. The van der Waals surface area contributed by atoms with Gasteiger partial charge in [0.1, 0.15) is 5.75 Å². The summed E-state index contributed by atoms with van der Waals surface area (Å²) in [6.07, 6.45) is 1.65. The van der Waals surface area contributed by atoms with E-state index in [4.69, 9.17) is 4.74 Å². The van der Waals surface area contributed by atoms with Crippen LogP contribution in [0.5, 0.6) is 5.75 Å². The first-order valence-corrected chi connectivity index (χ1v) is 8.62. The molecule has 0 fully saturated rings. The van der Waals surface area contributed by atoms with Gasteiger partial charge in [-0.1, -0.05) is 24.3 Å². The molecule has 6 heteroatoms. The van der Waals surface area contributed by atoms with E-state index in [1.54, 1.807) is 6.21 Å². The number of amides is 1. The van der Waals surface area contributed by atoms with Crippen LogP contribution in [0.4, 0.5) is 0 Å². The SMILES string of the molecule is Cc1ccc(OCC(=O)NN=Cc2c(C)[nH]c3ccccc23)c(Br)c1. The molecule has 5 nitrogen and oxygen atoms in total. The minimum atomic E-state index is -0.318. The Morgan fingerprint density at radius 2 is 2.08 bits per heavy atom. The Balaban J connectivity index is 1.60. The molecule has 0 aliphatic carbocycles. The topological polar surface area (TPSA) is 66.5 Å². The van der Waals surface area contributed by atoms with Crippen LogP contribution < -0.4 is 10.2 Å². The highest BCUT2D eigenvalue weighted by Crippen LogP contribution is 2.25. The number of aryl methyl sites for hydroxylation is 2. The molecule has 0 saturated carbocycles. The van der Waals surface area contributed by atoms with E-state index < -0.39 is 0 Å². The fraction of sp³-hybridized carbons (Fsp3) is 0.158. The highest BCUT2D eigenvalue weighted by atomic mass is 79.9. The van der Waals surface area contributed by atoms with E-state index in [-0.39, 0.29) is 12.5 Å². The van der Waals surface area contributed by atoms with Crippen molar-refractivity contribution in [2.75, 3.05) is 6.61 Å². The zero-order valence-electron chi connectivity index (χ0n) is 14.0. The fourth-order valence-corrected chi connectivity index (χ4v) is 3.14. The molecule has 0 atom stereocenters. The third-order valence-corrected chi connectivity index (χ3v) is 4.39. The number of rotatable bonds is 5. The maximum Gasteiger partial charge on any atom is 0.277 e. The Hall–Kier alpha value is -2.60. The van der Waals surface area contributed by atoms with E-state index in [2.05, 4.69) is 31.4 Å². The fourth-order valence-electron chi connectivity index (χ4n) is 2.53. The third kappa shape index (κ3) is 4.09. The second kappa shape index (κ2) is 7.53. The Morgan fingerprint density at radius 1 is 1.28 bits per heavy atom.